The van der Waals surface area contributed by atoms with Crippen molar-refractivity contribution in [2.75, 3.05) is 13.6 Å². The summed E-state index contributed by atoms with van der Waals surface area (Å²) in [5.41, 5.74) is 1.09. The predicted octanol–water partition coefficient (Wildman–Crippen LogP) is 2.43. The van der Waals surface area contributed by atoms with E-state index in [4.69, 9.17) is 0 Å². The molecule has 1 atom stereocenters. The second-order valence-corrected chi connectivity index (χ2v) is 8.83. The van der Waals surface area contributed by atoms with Crippen LogP contribution in [0, 0.1) is 11.3 Å². The molecule has 0 saturated carbocycles. The summed E-state index contributed by atoms with van der Waals surface area (Å²) in [6.07, 6.45) is 0. The molecule has 6 heteroatoms. The van der Waals surface area contributed by atoms with E-state index in [0.29, 0.717) is 17.3 Å². The van der Waals surface area contributed by atoms with Crippen molar-refractivity contribution in [2.24, 2.45) is 11.3 Å². The van der Waals surface area contributed by atoms with Crippen molar-refractivity contribution in [3.05, 3.63) is 17.0 Å². The Balaban J connectivity index is 2.70. The van der Waals surface area contributed by atoms with Gasteiger partial charge in [0.1, 0.15) is 4.21 Å². The van der Waals surface area contributed by atoms with Gasteiger partial charge < -0.3 is 5.32 Å². The summed E-state index contributed by atoms with van der Waals surface area (Å²) in [5, 5.41) is 4.88. The van der Waals surface area contributed by atoms with Gasteiger partial charge in [-0.3, -0.25) is 0 Å². The van der Waals surface area contributed by atoms with E-state index in [2.05, 4.69) is 37.7 Å². The van der Waals surface area contributed by atoms with Gasteiger partial charge in [0.15, 0.2) is 0 Å². The van der Waals surface area contributed by atoms with Crippen LogP contribution < -0.4 is 10.0 Å². The minimum absolute atomic E-state index is 0.0925. The minimum atomic E-state index is -3.37. The van der Waals surface area contributed by atoms with Crippen molar-refractivity contribution in [1.29, 1.82) is 0 Å². The summed E-state index contributed by atoms with van der Waals surface area (Å²) < 4.78 is 27.4. The molecule has 0 spiro atoms. The fourth-order valence-corrected chi connectivity index (χ4v) is 3.79. The van der Waals surface area contributed by atoms with Gasteiger partial charge in [-0.05, 0) is 35.4 Å². The molecular weight excluding hydrogens is 280 g/mol. The van der Waals surface area contributed by atoms with E-state index >= 15 is 0 Å². The minimum Gasteiger partial charge on any atom is -0.316 e. The Hall–Kier alpha value is -0.430. The molecule has 0 saturated heterocycles. The predicted molar refractivity (Wildman–Crippen MR) is 80.9 cm³/mol. The van der Waals surface area contributed by atoms with Crippen LogP contribution in [0.25, 0.3) is 0 Å². The standard InChI is InChI=1S/C13H24N2O2S2/c1-10(13(2,3)4)7-15-19(16,17)12-6-11(8-14-5)9-18-12/h6,9-10,14-15H,7-8H2,1-5H3. The van der Waals surface area contributed by atoms with Crippen molar-refractivity contribution in [3.63, 3.8) is 0 Å². The zero-order valence-corrected chi connectivity index (χ0v) is 13.9. The summed E-state index contributed by atoms with van der Waals surface area (Å²) in [5.74, 6) is 0.277. The Morgan fingerprint density at radius 2 is 2.00 bits per heavy atom. The highest BCUT2D eigenvalue weighted by atomic mass is 32.2. The smallest absolute Gasteiger partial charge is 0.250 e. The summed E-state index contributed by atoms with van der Waals surface area (Å²) in [6.45, 7) is 9.55. The Bertz CT molecular complexity index is 501. The third kappa shape index (κ3) is 4.87. The number of nitrogens with one attached hydrogen (secondary N) is 2. The number of hydrogen-bond donors (Lipinski definition) is 2. The lowest BCUT2D eigenvalue weighted by atomic mass is 9.82. The highest BCUT2D eigenvalue weighted by Gasteiger charge is 2.23. The summed E-state index contributed by atoms with van der Waals surface area (Å²) in [6, 6.07) is 1.73. The first kappa shape index (κ1) is 16.6. The van der Waals surface area contributed by atoms with Gasteiger partial charge in [-0.15, -0.1) is 11.3 Å². The molecule has 1 aromatic rings. The molecule has 0 bridgehead atoms. The Labute approximate surface area is 120 Å². The van der Waals surface area contributed by atoms with Crippen LogP contribution in [0.4, 0.5) is 0 Å². The Morgan fingerprint density at radius 1 is 1.37 bits per heavy atom. The molecule has 19 heavy (non-hydrogen) atoms. The molecule has 4 nitrogen and oxygen atoms in total. The highest BCUT2D eigenvalue weighted by molar-refractivity contribution is 7.91. The molecule has 0 fully saturated rings. The summed E-state index contributed by atoms with van der Waals surface area (Å²) in [7, 11) is -1.53. The molecule has 2 N–H and O–H groups in total. The van der Waals surface area contributed by atoms with E-state index in [1.807, 2.05) is 12.4 Å². The Kier molecular flexibility index (Phi) is 5.55. The third-order valence-corrected chi connectivity index (χ3v) is 6.25. The average Bonchev–Trinajstić information content (AvgIpc) is 2.74. The molecule has 1 rings (SSSR count). The quantitative estimate of drug-likeness (QED) is 0.848. The first-order valence-electron chi connectivity index (χ1n) is 6.38. The number of rotatable bonds is 6. The molecule has 1 unspecified atom stereocenters. The largest absolute Gasteiger partial charge is 0.316 e. The zero-order chi connectivity index (χ0) is 14.7. The van der Waals surface area contributed by atoms with Gasteiger partial charge in [0.05, 0.1) is 0 Å². The van der Waals surface area contributed by atoms with Crippen molar-refractivity contribution in [3.8, 4) is 0 Å². The normalized spacial score (nSPS) is 14.6. The van der Waals surface area contributed by atoms with Gasteiger partial charge in [0.2, 0.25) is 10.0 Å². The maximum atomic E-state index is 12.2. The Morgan fingerprint density at radius 3 is 2.53 bits per heavy atom. The fraction of sp³-hybridized carbons (Fsp3) is 0.692. The number of hydrogen-bond acceptors (Lipinski definition) is 4. The van der Waals surface area contributed by atoms with Crippen LogP contribution >= 0.6 is 11.3 Å². The molecule has 110 valence electrons. The highest BCUT2D eigenvalue weighted by Crippen LogP contribution is 2.25. The SMILES string of the molecule is CNCc1csc(S(=O)(=O)NCC(C)C(C)(C)C)c1. The number of thiophene rings is 1. The summed E-state index contributed by atoms with van der Waals surface area (Å²) in [4.78, 5) is 0. The van der Waals surface area contributed by atoms with Gasteiger partial charge in [-0.1, -0.05) is 27.7 Å². The van der Waals surface area contributed by atoms with Gasteiger partial charge in [0.25, 0.3) is 0 Å². The lowest BCUT2D eigenvalue weighted by Gasteiger charge is -2.27. The van der Waals surface area contributed by atoms with Crippen LogP contribution in [-0.4, -0.2) is 22.0 Å². The van der Waals surface area contributed by atoms with Crippen molar-refractivity contribution < 1.29 is 8.42 Å². The van der Waals surface area contributed by atoms with E-state index in [1.165, 1.54) is 11.3 Å². The average molecular weight is 304 g/mol. The van der Waals surface area contributed by atoms with Crippen LogP contribution in [0.1, 0.15) is 33.3 Å². The van der Waals surface area contributed by atoms with E-state index in [-0.39, 0.29) is 11.3 Å². The molecule has 0 aliphatic carbocycles. The molecule has 1 aromatic heterocycles. The van der Waals surface area contributed by atoms with Crippen molar-refractivity contribution >= 4 is 21.4 Å². The van der Waals surface area contributed by atoms with Gasteiger partial charge in [-0.2, -0.15) is 0 Å². The molecule has 0 aromatic carbocycles. The van der Waals surface area contributed by atoms with Gasteiger partial charge >= 0.3 is 0 Å². The summed E-state index contributed by atoms with van der Waals surface area (Å²) >= 11 is 1.27. The van der Waals surface area contributed by atoms with Crippen LogP contribution in [0.15, 0.2) is 15.7 Å². The van der Waals surface area contributed by atoms with Crippen LogP contribution in [0.5, 0.6) is 0 Å². The molecule has 0 amide bonds. The maximum absolute atomic E-state index is 12.2. The topological polar surface area (TPSA) is 58.2 Å². The monoisotopic (exact) mass is 304 g/mol. The molecule has 1 heterocycles. The number of sulfonamides is 1. The second-order valence-electron chi connectivity index (χ2n) is 5.92. The molecule has 0 radical (unpaired) electrons. The molecule has 0 aliphatic rings. The lowest BCUT2D eigenvalue weighted by molar-refractivity contribution is 0.263. The van der Waals surface area contributed by atoms with E-state index in [0.717, 1.165) is 5.56 Å². The van der Waals surface area contributed by atoms with Crippen LogP contribution in [-0.2, 0) is 16.6 Å². The van der Waals surface area contributed by atoms with Crippen LogP contribution in [0.2, 0.25) is 0 Å². The van der Waals surface area contributed by atoms with Crippen LogP contribution in [0.3, 0.4) is 0 Å². The van der Waals surface area contributed by atoms with Crippen molar-refractivity contribution in [2.45, 2.75) is 38.4 Å². The van der Waals surface area contributed by atoms with Gasteiger partial charge in [0, 0.05) is 13.1 Å². The zero-order valence-electron chi connectivity index (χ0n) is 12.3. The van der Waals surface area contributed by atoms with Crippen molar-refractivity contribution in [1.82, 2.24) is 10.0 Å². The van der Waals surface area contributed by atoms with E-state index in [9.17, 15) is 8.42 Å². The van der Waals surface area contributed by atoms with E-state index < -0.39 is 10.0 Å². The molecule has 0 aliphatic heterocycles. The first-order chi connectivity index (χ1) is 8.66. The first-order valence-corrected chi connectivity index (χ1v) is 8.75. The fourth-order valence-electron chi connectivity index (χ4n) is 1.40. The van der Waals surface area contributed by atoms with E-state index in [1.54, 1.807) is 6.07 Å². The van der Waals surface area contributed by atoms with Gasteiger partial charge in [-0.25, -0.2) is 13.1 Å². The second kappa shape index (κ2) is 6.35. The maximum Gasteiger partial charge on any atom is 0.250 e. The lowest BCUT2D eigenvalue weighted by Crippen LogP contribution is -2.33. The third-order valence-electron chi connectivity index (χ3n) is 3.33. The molecular formula is C13H24N2O2S2.